The smallest absolute Gasteiger partial charge is 0.291 e. The van der Waals surface area contributed by atoms with Crippen molar-refractivity contribution in [1.29, 1.82) is 0 Å². The molecule has 1 aromatic heterocycles. The average Bonchev–Trinajstić information content (AvgIpc) is 3.25. The van der Waals surface area contributed by atoms with Crippen LogP contribution in [0, 0.1) is 10.1 Å². The number of piperidine rings is 1. The minimum Gasteiger partial charge on any atom is -0.451 e. The number of benzene rings is 2. The Labute approximate surface area is 168 Å². The molecule has 2 aromatic carbocycles. The highest BCUT2D eigenvalue weighted by molar-refractivity contribution is 6.02. The molecule has 0 radical (unpaired) electrons. The quantitative estimate of drug-likeness (QED) is 0.483. The largest absolute Gasteiger partial charge is 0.451 e. The maximum Gasteiger partial charge on any atom is 0.291 e. The first-order valence-corrected chi connectivity index (χ1v) is 9.62. The number of carbonyl (C=O) groups excluding carboxylic acids is 1. The highest BCUT2D eigenvalue weighted by Crippen LogP contribution is 2.31. The molecule has 3 aromatic rings. The van der Waals surface area contributed by atoms with Crippen molar-refractivity contribution in [3.8, 4) is 11.3 Å². The predicted molar refractivity (Wildman–Crippen MR) is 111 cm³/mol. The summed E-state index contributed by atoms with van der Waals surface area (Å²) in [6.07, 6.45) is 3.69. The number of nitrogens with one attached hydrogen (secondary N) is 1. The normalized spacial score (nSPS) is 13.9. The number of amides is 1. The van der Waals surface area contributed by atoms with Crippen molar-refractivity contribution in [3.63, 3.8) is 0 Å². The van der Waals surface area contributed by atoms with Gasteiger partial charge in [-0.3, -0.25) is 14.9 Å². The Balaban J connectivity index is 1.46. The van der Waals surface area contributed by atoms with E-state index in [0.29, 0.717) is 11.3 Å². The number of anilines is 2. The summed E-state index contributed by atoms with van der Waals surface area (Å²) >= 11 is 0. The average molecular weight is 391 g/mol. The Morgan fingerprint density at radius 2 is 1.69 bits per heavy atom. The van der Waals surface area contributed by atoms with Crippen molar-refractivity contribution < 1.29 is 14.1 Å². The van der Waals surface area contributed by atoms with Crippen LogP contribution < -0.4 is 10.2 Å². The summed E-state index contributed by atoms with van der Waals surface area (Å²) in [4.78, 5) is 25.6. The second-order valence-corrected chi connectivity index (χ2v) is 6.99. The summed E-state index contributed by atoms with van der Waals surface area (Å²) in [5, 5.41) is 14.0. The van der Waals surface area contributed by atoms with E-state index in [1.165, 1.54) is 31.4 Å². The molecule has 0 saturated carbocycles. The highest BCUT2D eigenvalue weighted by atomic mass is 16.6. The molecule has 1 aliphatic heterocycles. The molecular weight excluding hydrogens is 370 g/mol. The molecule has 148 valence electrons. The van der Waals surface area contributed by atoms with Gasteiger partial charge in [0, 0.05) is 30.5 Å². The zero-order chi connectivity index (χ0) is 20.2. The van der Waals surface area contributed by atoms with Crippen LogP contribution in [-0.4, -0.2) is 23.9 Å². The van der Waals surface area contributed by atoms with Crippen LogP contribution in [-0.2, 0) is 0 Å². The molecule has 1 aliphatic rings. The van der Waals surface area contributed by atoms with Crippen LogP contribution in [0.3, 0.4) is 0 Å². The van der Waals surface area contributed by atoms with Gasteiger partial charge in [0.05, 0.1) is 10.5 Å². The molecular formula is C22H21N3O4. The van der Waals surface area contributed by atoms with Gasteiger partial charge in [0.1, 0.15) is 5.76 Å². The maximum atomic E-state index is 12.5. The fourth-order valence-corrected chi connectivity index (χ4v) is 3.55. The molecule has 0 bridgehead atoms. The van der Waals surface area contributed by atoms with Gasteiger partial charge in [0.2, 0.25) is 0 Å². The summed E-state index contributed by atoms with van der Waals surface area (Å²) in [6.45, 7) is 2.12. The van der Waals surface area contributed by atoms with E-state index in [1.54, 1.807) is 24.3 Å². The number of nitro benzene ring substituents is 1. The molecule has 7 nitrogen and oxygen atoms in total. The lowest BCUT2D eigenvalue weighted by molar-refractivity contribution is -0.384. The number of hydrogen-bond donors (Lipinski definition) is 1. The van der Waals surface area contributed by atoms with E-state index in [1.807, 2.05) is 24.3 Å². The number of furan rings is 1. The monoisotopic (exact) mass is 391 g/mol. The Hall–Kier alpha value is -3.61. The molecule has 1 N–H and O–H groups in total. The van der Waals surface area contributed by atoms with Crippen LogP contribution in [0.25, 0.3) is 11.3 Å². The van der Waals surface area contributed by atoms with E-state index >= 15 is 0 Å². The third-order valence-corrected chi connectivity index (χ3v) is 5.04. The molecule has 0 atom stereocenters. The molecule has 29 heavy (non-hydrogen) atoms. The second-order valence-electron chi connectivity index (χ2n) is 6.99. The molecule has 1 fully saturated rings. The van der Waals surface area contributed by atoms with Gasteiger partial charge in [0.15, 0.2) is 5.76 Å². The van der Waals surface area contributed by atoms with Crippen LogP contribution in [0.5, 0.6) is 0 Å². The lowest BCUT2D eigenvalue weighted by atomic mass is 10.1. The van der Waals surface area contributed by atoms with E-state index in [4.69, 9.17) is 4.42 Å². The van der Waals surface area contributed by atoms with Gasteiger partial charge in [-0.2, -0.15) is 0 Å². The van der Waals surface area contributed by atoms with E-state index in [-0.39, 0.29) is 17.2 Å². The van der Waals surface area contributed by atoms with Crippen LogP contribution in [0.2, 0.25) is 0 Å². The predicted octanol–water partition coefficient (Wildman–Crippen LogP) is 5.10. The SMILES string of the molecule is O=C(Nc1ccc(N2CCCCC2)cc1)c1ccc(-c2ccccc2[N+](=O)[O-])o1. The first-order valence-electron chi connectivity index (χ1n) is 9.62. The first kappa shape index (κ1) is 18.7. The molecule has 1 saturated heterocycles. The van der Waals surface area contributed by atoms with Gasteiger partial charge in [-0.05, 0) is 61.7 Å². The van der Waals surface area contributed by atoms with Crippen LogP contribution in [0.15, 0.2) is 65.1 Å². The summed E-state index contributed by atoms with van der Waals surface area (Å²) in [5.74, 6) is -0.0262. The van der Waals surface area contributed by atoms with Crippen molar-refractivity contribution in [2.75, 3.05) is 23.3 Å². The van der Waals surface area contributed by atoms with Crippen molar-refractivity contribution in [3.05, 3.63) is 76.5 Å². The fourth-order valence-electron chi connectivity index (χ4n) is 3.55. The molecule has 7 heteroatoms. The third-order valence-electron chi connectivity index (χ3n) is 5.04. The zero-order valence-electron chi connectivity index (χ0n) is 15.8. The van der Waals surface area contributed by atoms with Gasteiger partial charge in [-0.15, -0.1) is 0 Å². The number of nitro groups is 1. The summed E-state index contributed by atoms with van der Waals surface area (Å²) in [5.41, 5.74) is 2.09. The first-order chi connectivity index (χ1) is 14.1. The Kier molecular flexibility index (Phi) is 5.29. The minimum absolute atomic E-state index is 0.0675. The molecule has 1 amide bonds. The topological polar surface area (TPSA) is 88.6 Å². The van der Waals surface area contributed by atoms with Gasteiger partial charge < -0.3 is 14.6 Å². The van der Waals surface area contributed by atoms with Gasteiger partial charge in [0.25, 0.3) is 11.6 Å². The number of carbonyl (C=O) groups is 1. The number of rotatable bonds is 5. The van der Waals surface area contributed by atoms with E-state index in [2.05, 4.69) is 10.2 Å². The van der Waals surface area contributed by atoms with Crippen LogP contribution in [0.1, 0.15) is 29.8 Å². The van der Waals surface area contributed by atoms with E-state index in [0.717, 1.165) is 18.8 Å². The van der Waals surface area contributed by atoms with Crippen LogP contribution in [0.4, 0.5) is 17.1 Å². The summed E-state index contributed by atoms with van der Waals surface area (Å²) < 4.78 is 5.59. The van der Waals surface area contributed by atoms with E-state index in [9.17, 15) is 14.9 Å². The third kappa shape index (κ3) is 4.13. The van der Waals surface area contributed by atoms with E-state index < -0.39 is 10.8 Å². The lowest BCUT2D eigenvalue weighted by Crippen LogP contribution is -2.29. The minimum atomic E-state index is -0.471. The van der Waals surface area contributed by atoms with Gasteiger partial charge in [-0.25, -0.2) is 0 Å². The zero-order valence-corrected chi connectivity index (χ0v) is 15.8. The molecule has 4 rings (SSSR count). The van der Waals surface area contributed by atoms with Crippen LogP contribution >= 0.6 is 0 Å². The van der Waals surface area contributed by atoms with Crippen molar-refractivity contribution in [2.24, 2.45) is 0 Å². The Morgan fingerprint density at radius 3 is 2.41 bits per heavy atom. The number of nitrogens with zero attached hydrogens (tertiary/aromatic N) is 2. The molecule has 0 aliphatic carbocycles. The number of para-hydroxylation sites is 1. The maximum absolute atomic E-state index is 12.5. The fraction of sp³-hybridized carbons (Fsp3) is 0.227. The van der Waals surface area contributed by atoms with Gasteiger partial charge >= 0.3 is 0 Å². The summed E-state index contributed by atoms with van der Waals surface area (Å²) in [6, 6.07) is 17.1. The molecule has 0 unspecified atom stereocenters. The Bertz CT molecular complexity index is 1020. The second kappa shape index (κ2) is 8.18. The van der Waals surface area contributed by atoms with Crippen molar-refractivity contribution in [1.82, 2.24) is 0 Å². The highest BCUT2D eigenvalue weighted by Gasteiger charge is 2.19. The standard InChI is InChI=1S/C22H21N3O4/c26-22(23-16-8-10-17(11-9-16)24-14-4-1-5-15-24)21-13-12-20(29-21)18-6-2-3-7-19(18)25(27)28/h2-3,6-13H,1,4-5,14-15H2,(H,23,26). The Morgan fingerprint density at radius 1 is 0.966 bits per heavy atom. The molecule has 2 heterocycles. The summed E-state index contributed by atoms with van der Waals surface area (Å²) in [7, 11) is 0. The van der Waals surface area contributed by atoms with Crippen molar-refractivity contribution in [2.45, 2.75) is 19.3 Å². The lowest BCUT2D eigenvalue weighted by Gasteiger charge is -2.28. The molecule has 0 spiro atoms. The number of hydrogen-bond acceptors (Lipinski definition) is 5. The van der Waals surface area contributed by atoms with Crippen molar-refractivity contribution >= 4 is 23.0 Å². The van der Waals surface area contributed by atoms with Gasteiger partial charge in [-0.1, -0.05) is 12.1 Å².